The Bertz CT molecular complexity index is 1250. The summed E-state index contributed by atoms with van der Waals surface area (Å²) in [6, 6.07) is 6.40. The maximum absolute atomic E-state index is 14.9. The van der Waals surface area contributed by atoms with Crippen molar-refractivity contribution in [2.75, 3.05) is 42.6 Å². The van der Waals surface area contributed by atoms with Gasteiger partial charge in [0.25, 0.3) is 5.91 Å². The summed E-state index contributed by atoms with van der Waals surface area (Å²) in [5, 5.41) is 3.32. The molecule has 5 rings (SSSR count). The Hall–Kier alpha value is -3.66. The molecule has 1 saturated heterocycles. The number of piperazine rings is 1. The average Bonchev–Trinajstić information content (AvgIpc) is 2.85. The number of rotatable bonds is 5. The summed E-state index contributed by atoms with van der Waals surface area (Å²) in [5.74, 6) is -1.32. The van der Waals surface area contributed by atoms with Crippen molar-refractivity contribution in [1.82, 2.24) is 20.3 Å². The Balaban J connectivity index is 1.43. The van der Waals surface area contributed by atoms with Crippen molar-refractivity contribution in [3.63, 3.8) is 0 Å². The predicted octanol–water partition coefficient (Wildman–Crippen LogP) is 2.95. The van der Waals surface area contributed by atoms with Crippen LogP contribution in [0.5, 0.6) is 5.75 Å². The Kier molecular flexibility index (Phi) is 6.29. The summed E-state index contributed by atoms with van der Waals surface area (Å²) < 4.78 is 35.0. The van der Waals surface area contributed by atoms with E-state index in [-0.39, 0.29) is 41.3 Å². The minimum absolute atomic E-state index is 0.0227. The molecule has 0 aliphatic carbocycles. The Morgan fingerprint density at radius 2 is 1.89 bits per heavy atom. The summed E-state index contributed by atoms with van der Waals surface area (Å²) in [4.78, 5) is 29.1. The second-order valence-corrected chi connectivity index (χ2v) is 8.86. The van der Waals surface area contributed by atoms with E-state index in [0.717, 1.165) is 43.8 Å². The van der Waals surface area contributed by atoms with Gasteiger partial charge in [-0.3, -0.25) is 9.78 Å². The zero-order valence-corrected chi connectivity index (χ0v) is 19.6. The topological polar surface area (TPSA) is 83.5 Å². The van der Waals surface area contributed by atoms with Gasteiger partial charge in [0.15, 0.2) is 24.0 Å². The lowest BCUT2D eigenvalue weighted by atomic mass is 10.1. The highest BCUT2D eigenvalue weighted by molar-refractivity contribution is 5.99. The fourth-order valence-corrected chi connectivity index (χ4v) is 4.43. The fourth-order valence-electron chi connectivity index (χ4n) is 4.43. The standard InChI is InChI=1S/C25H26F2N6O2/c1-15(2)33-21-10-16(9-19(26)25(21)35-14-23(33)34)24-20(27)13-30-22(31-24)11-17-3-4-18(12-29-17)32-7-5-28-6-8-32/h3-4,9-10,12-13,15,28H,5-8,11,14H2,1-2H3. The van der Waals surface area contributed by atoms with Crippen molar-refractivity contribution in [1.29, 1.82) is 0 Å². The zero-order chi connectivity index (χ0) is 24.5. The molecule has 182 valence electrons. The van der Waals surface area contributed by atoms with Crippen LogP contribution in [0.15, 0.2) is 36.7 Å². The van der Waals surface area contributed by atoms with E-state index < -0.39 is 11.6 Å². The molecule has 2 aliphatic heterocycles. The number of nitrogens with zero attached hydrogens (tertiary/aromatic N) is 5. The molecule has 1 fully saturated rings. The first-order chi connectivity index (χ1) is 16.9. The number of hydrogen-bond acceptors (Lipinski definition) is 7. The first-order valence-electron chi connectivity index (χ1n) is 11.6. The molecule has 8 nitrogen and oxygen atoms in total. The number of ether oxygens (including phenoxy) is 1. The van der Waals surface area contributed by atoms with Gasteiger partial charge in [-0.2, -0.15) is 0 Å². The molecule has 2 aromatic heterocycles. The van der Waals surface area contributed by atoms with Gasteiger partial charge in [0.1, 0.15) is 11.5 Å². The van der Waals surface area contributed by atoms with Crippen LogP contribution < -0.4 is 19.9 Å². The number of halogens is 2. The van der Waals surface area contributed by atoms with Gasteiger partial charge in [-0.15, -0.1) is 0 Å². The van der Waals surface area contributed by atoms with Crippen molar-refractivity contribution in [2.45, 2.75) is 26.3 Å². The highest BCUT2D eigenvalue weighted by Crippen LogP contribution is 2.39. The van der Waals surface area contributed by atoms with Gasteiger partial charge in [0.05, 0.1) is 30.2 Å². The lowest BCUT2D eigenvalue weighted by Crippen LogP contribution is -2.43. The number of pyridine rings is 1. The normalized spacial score (nSPS) is 15.9. The van der Waals surface area contributed by atoms with E-state index in [1.807, 2.05) is 32.2 Å². The van der Waals surface area contributed by atoms with Gasteiger partial charge in [-0.05, 0) is 38.1 Å². The Morgan fingerprint density at radius 3 is 2.60 bits per heavy atom. The number of fused-ring (bicyclic) bond motifs is 1. The number of nitrogens with one attached hydrogen (secondary N) is 1. The highest BCUT2D eigenvalue weighted by atomic mass is 19.1. The summed E-state index contributed by atoms with van der Waals surface area (Å²) >= 11 is 0. The molecule has 0 unspecified atom stereocenters. The second-order valence-electron chi connectivity index (χ2n) is 8.86. The third-order valence-corrected chi connectivity index (χ3v) is 6.11. The molecular formula is C25H26F2N6O2. The largest absolute Gasteiger partial charge is 0.478 e. The van der Waals surface area contributed by atoms with Gasteiger partial charge in [0.2, 0.25) is 0 Å². The van der Waals surface area contributed by atoms with Gasteiger partial charge in [-0.25, -0.2) is 18.7 Å². The molecule has 3 aromatic rings. The lowest BCUT2D eigenvalue weighted by molar-refractivity contribution is -0.121. The van der Waals surface area contributed by atoms with Crippen LogP contribution in [0.4, 0.5) is 20.2 Å². The van der Waals surface area contributed by atoms with Crippen molar-refractivity contribution in [3.8, 4) is 17.0 Å². The molecule has 1 aromatic carbocycles. The van der Waals surface area contributed by atoms with E-state index in [1.54, 1.807) is 0 Å². The monoisotopic (exact) mass is 480 g/mol. The number of carbonyl (C=O) groups is 1. The predicted molar refractivity (Wildman–Crippen MR) is 128 cm³/mol. The molecule has 0 atom stereocenters. The number of carbonyl (C=O) groups excluding carboxylic acids is 1. The Labute approximate surface area is 202 Å². The highest BCUT2D eigenvalue weighted by Gasteiger charge is 2.31. The van der Waals surface area contributed by atoms with E-state index in [4.69, 9.17) is 4.74 Å². The zero-order valence-electron chi connectivity index (χ0n) is 19.6. The maximum atomic E-state index is 14.9. The first kappa shape index (κ1) is 23.1. The molecule has 2 aliphatic rings. The van der Waals surface area contributed by atoms with Gasteiger partial charge in [-0.1, -0.05) is 0 Å². The number of benzene rings is 1. The third kappa shape index (κ3) is 4.66. The van der Waals surface area contributed by atoms with Crippen molar-refractivity contribution in [2.24, 2.45) is 0 Å². The van der Waals surface area contributed by atoms with E-state index >= 15 is 0 Å². The molecule has 0 bridgehead atoms. The number of amides is 1. The van der Waals surface area contributed by atoms with E-state index in [1.165, 1.54) is 17.0 Å². The molecular weight excluding hydrogens is 454 g/mol. The third-order valence-electron chi connectivity index (χ3n) is 6.11. The second kappa shape index (κ2) is 9.53. The van der Waals surface area contributed by atoms with Crippen molar-refractivity contribution >= 4 is 17.3 Å². The summed E-state index contributed by atoms with van der Waals surface area (Å²) in [7, 11) is 0. The molecule has 35 heavy (non-hydrogen) atoms. The smallest absolute Gasteiger partial charge is 0.265 e. The van der Waals surface area contributed by atoms with E-state index in [9.17, 15) is 13.6 Å². The first-order valence-corrected chi connectivity index (χ1v) is 11.6. The molecule has 10 heteroatoms. The van der Waals surface area contributed by atoms with Crippen molar-refractivity contribution < 1.29 is 18.3 Å². The molecule has 0 radical (unpaired) electrons. The molecule has 0 saturated carbocycles. The minimum Gasteiger partial charge on any atom is -0.478 e. The van der Waals surface area contributed by atoms with Crippen LogP contribution in [0.1, 0.15) is 25.4 Å². The average molecular weight is 481 g/mol. The van der Waals surface area contributed by atoms with Crippen LogP contribution in [-0.2, 0) is 11.2 Å². The van der Waals surface area contributed by atoms with Gasteiger partial charge < -0.3 is 19.9 Å². The van der Waals surface area contributed by atoms with Crippen LogP contribution in [0.2, 0.25) is 0 Å². The number of hydrogen-bond donors (Lipinski definition) is 1. The van der Waals surface area contributed by atoms with Gasteiger partial charge >= 0.3 is 0 Å². The number of anilines is 2. The van der Waals surface area contributed by atoms with Crippen LogP contribution in [0.3, 0.4) is 0 Å². The van der Waals surface area contributed by atoms with Gasteiger partial charge in [0, 0.05) is 43.5 Å². The maximum Gasteiger partial charge on any atom is 0.265 e. The summed E-state index contributed by atoms with van der Waals surface area (Å²) in [5.41, 5.74) is 2.20. The quantitative estimate of drug-likeness (QED) is 0.601. The summed E-state index contributed by atoms with van der Waals surface area (Å²) in [6.45, 7) is 7.12. The van der Waals surface area contributed by atoms with Crippen LogP contribution >= 0.6 is 0 Å². The van der Waals surface area contributed by atoms with Crippen LogP contribution in [-0.4, -0.2) is 59.7 Å². The van der Waals surface area contributed by atoms with Crippen LogP contribution in [0.25, 0.3) is 11.3 Å². The van der Waals surface area contributed by atoms with E-state index in [0.29, 0.717) is 12.2 Å². The lowest BCUT2D eigenvalue weighted by Gasteiger charge is -2.33. The van der Waals surface area contributed by atoms with Crippen molar-refractivity contribution in [3.05, 3.63) is 59.8 Å². The minimum atomic E-state index is -0.686. The molecule has 0 spiro atoms. The Morgan fingerprint density at radius 1 is 1.09 bits per heavy atom. The SMILES string of the molecule is CC(C)N1C(=O)COc2c(F)cc(-c3nc(Cc4ccc(N5CCNCC5)cn4)ncc3F)cc21. The number of aromatic nitrogens is 3. The van der Waals surface area contributed by atoms with Crippen LogP contribution in [0, 0.1) is 11.6 Å². The fraction of sp³-hybridized carbons (Fsp3) is 0.360. The molecule has 1 N–H and O–H groups in total. The molecule has 1 amide bonds. The molecule has 4 heterocycles. The van der Waals surface area contributed by atoms with E-state index in [2.05, 4.69) is 25.2 Å². The summed E-state index contributed by atoms with van der Waals surface area (Å²) in [6.07, 6.45) is 3.19.